The fraction of sp³-hybridized carbons (Fsp3) is 0.692. The second kappa shape index (κ2) is 6.47. The van der Waals surface area contributed by atoms with Crippen LogP contribution in [0.4, 0.5) is 0 Å². The molecule has 4 heteroatoms. The molecule has 1 saturated heterocycles. The van der Waals surface area contributed by atoms with Crippen molar-refractivity contribution in [2.75, 3.05) is 31.6 Å². The van der Waals surface area contributed by atoms with Crippen molar-refractivity contribution in [2.24, 2.45) is 0 Å². The maximum Gasteiger partial charge on any atom is 0.118 e. The molecular formula is C13H22N2OS. The Kier molecular flexibility index (Phi) is 4.95. The van der Waals surface area contributed by atoms with Crippen LogP contribution < -0.4 is 5.32 Å². The van der Waals surface area contributed by atoms with Gasteiger partial charge >= 0.3 is 0 Å². The largest absolute Gasteiger partial charge is 0.465 e. The first-order chi connectivity index (χ1) is 8.29. The molecule has 2 heterocycles. The Labute approximate surface area is 108 Å². The van der Waals surface area contributed by atoms with Crippen molar-refractivity contribution in [1.82, 2.24) is 10.2 Å². The quantitative estimate of drug-likeness (QED) is 0.892. The predicted octanol–water partition coefficient (Wildman–Crippen LogP) is 2.25. The first kappa shape index (κ1) is 13.0. The van der Waals surface area contributed by atoms with Crippen molar-refractivity contribution in [2.45, 2.75) is 26.4 Å². The van der Waals surface area contributed by atoms with Crippen LogP contribution in [-0.4, -0.2) is 36.5 Å². The van der Waals surface area contributed by atoms with Gasteiger partial charge in [0.05, 0.1) is 6.54 Å². The molecule has 0 atom stereocenters. The third-order valence-electron chi connectivity index (χ3n) is 3.13. The molecule has 0 amide bonds. The molecule has 1 aromatic rings. The maximum atomic E-state index is 5.73. The lowest BCUT2D eigenvalue weighted by molar-refractivity contribution is 0.285. The van der Waals surface area contributed by atoms with Crippen LogP contribution in [0, 0.1) is 6.92 Å². The third kappa shape index (κ3) is 3.76. The third-order valence-corrected chi connectivity index (χ3v) is 4.18. The van der Waals surface area contributed by atoms with Crippen molar-refractivity contribution < 1.29 is 4.42 Å². The zero-order valence-corrected chi connectivity index (χ0v) is 11.6. The fourth-order valence-electron chi connectivity index (χ4n) is 2.20. The van der Waals surface area contributed by atoms with Crippen molar-refractivity contribution >= 4 is 11.8 Å². The molecule has 1 aromatic heterocycles. The van der Waals surface area contributed by atoms with Gasteiger partial charge in [0.1, 0.15) is 11.5 Å². The summed E-state index contributed by atoms with van der Waals surface area (Å²) in [5.41, 5.74) is 1.35. The first-order valence-corrected chi connectivity index (χ1v) is 7.48. The summed E-state index contributed by atoms with van der Waals surface area (Å²) in [4.78, 5) is 2.54. The Morgan fingerprint density at radius 3 is 3.12 bits per heavy atom. The minimum atomic E-state index is 0.816. The molecule has 96 valence electrons. The highest BCUT2D eigenvalue weighted by Crippen LogP contribution is 2.18. The average Bonchev–Trinajstić information content (AvgIpc) is 2.54. The van der Waals surface area contributed by atoms with Crippen LogP contribution in [-0.2, 0) is 13.1 Å². The molecule has 1 N–H and O–H groups in total. The number of thioether (sulfide) groups is 1. The number of aryl methyl sites for hydroxylation is 1. The Balaban J connectivity index is 1.96. The molecule has 0 aromatic carbocycles. The fourth-order valence-corrected chi connectivity index (χ4v) is 3.13. The van der Waals surface area contributed by atoms with Crippen LogP contribution in [0.25, 0.3) is 0 Å². The van der Waals surface area contributed by atoms with E-state index in [1.54, 1.807) is 0 Å². The van der Waals surface area contributed by atoms with Gasteiger partial charge in [-0.25, -0.2) is 0 Å². The van der Waals surface area contributed by atoms with Gasteiger partial charge in [0.2, 0.25) is 0 Å². The second-order valence-electron chi connectivity index (χ2n) is 4.57. The normalized spacial score (nSPS) is 18.2. The van der Waals surface area contributed by atoms with E-state index in [-0.39, 0.29) is 0 Å². The highest BCUT2D eigenvalue weighted by atomic mass is 32.2. The summed E-state index contributed by atoms with van der Waals surface area (Å²) in [5, 5.41) is 3.13. The van der Waals surface area contributed by atoms with E-state index in [0.29, 0.717) is 0 Å². The minimum Gasteiger partial charge on any atom is -0.465 e. The Hall–Kier alpha value is -0.450. The molecule has 0 bridgehead atoms. The van der Waals surface area contributed by atoms with E-state index < -0.39 is 0 Å². The lowest BCUT2D eigenvalue weighted by Crippen LogP contribution is -2.25. The molecule has 0 unspecified atom stereocenters. The Morgan fingerprint density at radius 2 is 2.29 bits per heavy atom. The van der Waals surface area contributed by atoms with Crippen molar-refractivity contribution in [3.05, 3.63) is 23.2 Å². The van der Waals surface area contributed by atoms with Gasteiger partial charge in [-0.3, -0.25) is 4.90 Å². The summed E-state index contributed by atoms with van der Waals surface area (Å²) >= 11 is 2.07. The predicted molar refractivity (Wildman–Crippen MR) is 73.4 cm³/mol. The molecule has 0 saturated carbocycles. The molecule has 0 aliphatic carbocycles. The number of nitrogens with one attached hydrogen (secondary N) is 1. The van der Waals surface area contributed by atoms with E-state index in [9.17, 15) is 0 Å². The van der Waals surface area contributed by atoms with E-state index in [0.717, 1.165) is 24.6 Å². The van der Waals surface area contributed by atoms with E-state index in [2.05, 4.69) is 35.0 Å². The molecule has 1 aliphatic rings. The number of hydrogen-bond acceptors (Lipinski definition) is 4. The van der Waals surface area contributed by atoms with Crippen LogP contribution in [0.15, 0.2) is 10.5 Å². The second-order valence-corrected chi connectivity index (χ2v) is 5.79. The Morgan fingerprint density at radius 1 is 1.41 bits per heavy atom. The van der Waals surface area contributed by atoms with Gasteiger partial charge in [-0.15, -0.1) is 0 Å². The zero-order valence-electron chi connectivity index (χ0n) is 10.8. The first-order valence-electron chi connectivity index (χ1n) is 6.32. The van der Waals surface area contributed by atoms with Gasteiger partial charge in [0.15, 0.2) is 0 Å². The molecule has 0 radical (unpaired) electrons. The number of nitrogens with zero attached hydrogens (tertiary/aromatic N) is 1. The smallest absolute Gasteiger partial charge is 0.118 e. The van der Waals surface area contributed by atoms with Gasteiger partial charge in [-0.05, 0) is 38.8 Å². The van der Waals surface area contributed by atoms with E-state index in [4.69, 9.17) is 4.42 Å². The molecule has 0 spiro atoms. The minimum absolute atomic E-state index is 0.816. The van der Waals surface area contributed by atoms with Crippen LogP contribution >= 0.6 is 11.8 Å². The number of furan rings is 1. The SMILES string of the molecule is CNCc1cc(CN2CCCSCC2)c(C)o1. The molecule has 3 nitrogen and oxygen atoms in total. The van der Waals surface area contributed by atoms with E-state index >= 15 is 0 Å². The molecule has 1 aliphatic heterocycles. The maximum absolute atomic E-state index is 5.73. The number of hydrogen-bond donors (Lipinski definition) is 1. The molecule has 2 rings (SSSR count). The summed E-state index contributed by atoms with van der Waals surface area (Å²) in [5.74, 6) is 4.70. The molecule has 1 fully saturated rings. The van der Waals surface area contributed by atoms with Crippen LogP contribution in [0.3, 0.4) is 0 Å². The monoisotopic (exact) mass is 254 g/mol. The lowest BCUT2D eigenvalue weighted by Gasteiger charge is -2.18. The van der Waals surface area contributed by atoms with Gasteiger partial charge in [-0.2, -0.15) is 11.8 Å². The van der Waals surface area contributed by atoms with Gasteiger partial charge in [-0.1, -0.05) is 0 Å². The average molecular weight is 254 g/mol. The van der Waals surface area contributed by atoms with Gasteiger partial charge < -0.3 is 9.73 Å². The van der Waals surface area contributed by atoms with Crippen LogP contribution in [0.1, 0.15) is 23.5 Å². The lowest BCUT2D eigenvalue weighted by atomic mass is 10.2. The van der Waals surface area contributed by atoms with Crippen molar-refractivity contribution in [3.8, 4) is 0 Å². The van der Waals surface area contributed by atoms with E-state index in [1.807, 2.05) is 7.05 Å². The van der Waals surface area contributed by atoms with Gasteiger partial charge in [0.25, 0.3) is 0 Å². The van der Waals surface area contributed by atoms with Crippen molar-refractivity contribution in [1.29, 1.82) is 0 Å². The van der Waals surface area contributed by atoms with Crippen LogP contribution in [0.2, 0.25) is 0 Å². The molecule has 17 heavy (non-hydrogen) atoms. The summed E-state index contributed by atoms with van der Waals surface area (Å²) in [6, 6.07) is 2.20. The number of rotatable bonds is 4. The zero-order chi connectivity index (χ0) is 12.1. The van der Waals surface area contributed by atoms with Gasteiger partial charge in [0, 0.05) is 24.4 Å². The highest BCUT2D eigenvalue weighted by Gasteiger charge is 2.13. The van der Waals surface area contributed by atoms with E-state index in [1.165, 1.54) is 36.6 Å². The summed E-state index contributed by atoms with van der Waals surface area (Å²) in [6.07, 6.45) is 1.31. The van der Waals surface area contributed by atoms with Crippen LogP contribution in [0.5, 0.6) is 0 Å². The summed E-state index contributed by atoms with van der Waals surface area (Å²) in [7, 11) is 1.95. The Bertz CT molecular complexity index is 343. The highest BCUT2D eigenvalue weighted by molar-refractivity contribution is 7.99. The van der Waals surface area contributed by atoms with Crippen molar-refractivity contribution in [3.63, 3.8) is 0 Å². The summed E-state index contributed by atoms with van der Waals surface area (Å²) < 4.78 is 5.73. The molecular weight excluding hydrogens is 232 g/mol. The topological polar surface area (TPSA) is 28.4 Å². The standard InChI is InChI=1S/C13H22N2OS/c1-11-12(8-13(16-11)9-14-2)10-15-4-3-6-17-7-5-15/h8,14H,3-7,9-10H2,1-2H3. The summed E-state index contributed by atoms with van der Waals surface area (Å²) in [6.45, 7) is 6.35.